The SMILES string of the molecule is COC(=O)C(C(=O)OC)[C@@H]1COc2ccc(OC)cc2[C@H]1C#N. The van der Waals surface area contributed by atoms with Gasteiger partial charge in [0.1, 0.15) is 11.5 Å². The highest BCUT2D eigenvalue weighted by molar-refractivity contribution is 5.95. The van der Waals surface area contributed by atoms with E-state index in [1.54, 1.807) is 18.2 Å². The molecular weight excluding hydrogens is 302 g/mol. The first-order chi connectivity index (χ1) is 11.1. The van der Waals surface area contributed by atoms with E-state index in [1.165, 1.54) is 21.3 Å². The first-order valence-electron chi connectivity index (χ1n) is 6.93. The van der Waals surface area contributed by atoms with E-state index in [2.05, 4.69) is 15.5 Å². The van der Waals surface area contributed by atoms with Gasteiger partial charge in [-0.05, 0) is 18.2 Å². The fourth-order valence-corrected chi connectivity index (χ4v) is 2.69. The maximum absolute atomic E-state index is 12.0. The molecule has 0 radical (unpaired) electrons. The number of rotatable bonds is 4. The summed E-state index contributed by atoms with van der Waals surface area (Å²) in [6.07, 6.45) is 0. The Balaban J connectivity index is 2.45. The van der Waals surface area contributed by atoms with Gasteiger partial charge in [-0.25, -0.2) is 0 Å². The van der Waals surface area contributed by atoms with Crippen molar-refractivity contribution in [2.45, 2.75) is 5.92 Å². The summed E-state index contributed by atoms with van der Waals surface area (Å²) in [7, 11) is 3.87. The number of methoxy groups -OCH3 is 3. The molecule has 1 heterocycles. The van der Waals surface area contributed by atoms with Crippen LogP contribution in [0.5, 0.6) is 11.5 Å². The van der Waals surface area contributed by atoms with Gasteiger partial charge in [0.2, 0.25) is 0 Å². The van der Waals surface area contributed by atoms with Gasteiger partial charge in [-0.15, -0.1) is 0 Å². The highest BCUT2D eigenvalue weighted by Gasteiger charge is 2.45. The number of carbonyl (C=O) groups excluding carboxylic acids is 2. The Bertz CT molecular complexity index is 634. The molecule has 0 N–H and O–H groups in total. The smallest absolute Gasteiger partial charge is 0.320 e. The molecule has 0 unspecified atom stereocenters. The molecular formula is C16H17NO6. The molecule has 2 atom stereocenters. The molecule has 7 heteroatoms. The molecule has 0 saturated carbocycles. The summed E-state index contributed by atoms with van der Waals surface area (Å²) in [6, 6.07) is 7.22. The third-order valence-corrected chi connectivity index (χ3v) is 3.89. The summed E-state index contributed by atoms with van der Waals surface area (Å²) >= 11 is 0. The van der Waals surface area contributed by atoms with Crippen LogP contribution in [0.25, 0.3) is 0 Å². The van der Waals surface area contributed by atoms with Crippen molar-refractivity contribution in [3.05, 3.63) is 23.8 Å². The van der Waals surface area contributed by atoms with E-state index in [-0.39, 0.29) is 6.61 Å². The maximum atomic E-state index is 12.0. The van der Waals surface area contributed by atoms with Crippen molar-refractivity contribution in [3.63, 3.8) is 0 Å². The molecule has 0 fully saturated rings. The van der Waals surface area contributed by atoms with Gasteiger partial charge in [0.15, 0.2) is 5.92 Å². The standard InChI is InChI=1S/C16H17NO6/c1-20-9-4-5-13-10(6-9)11(7-17)12(8-23-13)14(15(18)21-2)16(19)22-3/h4-6,11-12,14H,8H2,1-3H3/t11-,12-/m1/s1. The Kier molecular flexibility index (Phi) is 5.06. The Morgan fingerprint density at radius 1 is 1.26 bits per heavy atom. The molecule has 0 bridgehead atoms. The van der Waals surface area contributed by atoms with E-state index < -0.39 is 29.7 Å². The molecule has 2 rings (SSSR count). The summed E-state index contributed by atoms with van der Waals surface area (Å²) in [4.78, 5) is 24.0. The van der Waals surface area contributed by atoms with E-state index in [4.69, 9.17) is 9.47 Å². The summed E-state index contributed by atoms with van der Waals surface area (Å²) in [5, 5.41) is 9.58. The molecule has 1 aliphatic heterocycles. The second kappa shape index (κ2) is 7.01. The molecule has 0 spiro atoms. The number of benzene rings is 1. The van der Waals surface area contributed by atoms with E-state index >= 15 is 0 Å². The minimum atomic E-state index is -1.23. The van der Waals surface area contributed by atoms with Gasteiger partial charge < -0.3 is 18.9 Å². The molecule has 1 aliphatic rings. The lowest BCUT2D eigenvalue weighted by Gasteiger charge is -2.32. The zero-order valence-electron chi connectivity index (χ0n) is 13.1. The van der Waals surface area contributed by atoms with Gasteiger partial charge in [0.05, 0.1) is 39.9 Å². The van der Waals surface area contributed by atoms with Crippen LogP contribution >= 0.6 is 0 Å². The zero-order valence-corrected chi connectivity index (χ0v) is 13.1. The number of hydrogen-bond donors (Lipinski definition) is 0. The topological polar surface area (TPSA) is 94.9 Å². The predicted molar refractivity (Wildman–Crippen MR) is 77.9 cm³/mol. The van der Waals surface area contributed by atoms with Gasteiger partial charge >= 0.3 is 11.9 Å². The molecule has 0 aromatic heterocycles. The average Bonchev–Trinajstić information content (AvgIpc) is 2.60. The van der Waals surface area contributed by atoms with Crippen LogP contribution in [-0.2, 0) is 19.1 Å². The predicted octanol–water partition coefficient (Wildman–Crippen LogP) is 1.27. The molecule has 1 aromatic carbocycles. The van der Waals surface area contributed by atoms with Crippen LogP contribution in [0.1, 0.15) is 11.5 Å². The van der Waals surface area contributed by atoms with Crippen LogP contribution < -0.4 is 9.47 Å². The third-order valence-electron chi connectivity index (χ3n) is 3.89. The first-order valence-corrected chi connectivity index (χ1v) is 6.93. The Labute approximate surface area is 133 Å². The van der Waals surface area contributed by atoms with E-state index in [1.807, 2.05) is 0 Å². The van der Waals surface area contributed by atoms with E-state index in [0.717, 1.165) is 0 Å². The summed E-state index contributed by atoms with van der Waals surface area (Å²) in [5.41, 5.74) is 0.570. The number of hydrogen-bond acceptors (Lipinski definition) is 7. The normalized spacial score (nSPS) is 19.1. The number of esters is 2. The lowest BCUT2D eigenvalue weighted by molar-refractivity contribution is -0.162. The highest BCUT2D eigenvalue weighted by atomic mass is 16.5. The molecule has 1 aromatic rings. The number of nitrogens with zero attached hydrogens (tertiary/aromatic N) is 1. The Morgan fingerprint density at radius 3 is 2.43 bits per heavy atom. The number of nitriles is 1. The van der Waals surface area contributed by atoms with Crippen molar-refractivity contribution in [3.8, 4) is 17.6 Å². The summed E-state index contributed by atoms with van der Waals surface area (Å²) in [5.74, 6) is -3.08. The van der Waals surface area contributed by atoms with Crippen LogP contribution in [-0.4, -0.2) is 39.9 Å². The van der Waals surface area contributed by atoms with Crippen LogP contribution in [0.15, 0.2) is 18.2 Å². The number of fused-ring (bicyclic) bond motifs is 1. The van der Waals surface area contributed by atoms with Crippen molar-refractivity contribution in [2.24, 2.45) is 11.8 Å². The highest BCUT2D eigenvalue weighted by Crippen LogP contribution is 2.42. The van der Waals surface area contributed by atoms with Gasteiger partial charge in [-0.2, -0.15) is 5.26 Å². The van der Waals surface area contributed by atoms with Crippen molar-refractivity contribution in [2.75, 3.05) is 27.9 Å². The van der Waals surface area contributed by atoms with Crippen molar-refractivity contribution >= 4 is 11.9 Å². The fraction of sp³-hybridized carbons (Fsp3) is 0.438. The number of ether oxygens (including phenoxy) is 4. The Hall–Kier alpha value is -2.75. The quantitative estimate of drug-likeness (QED) is 0.609. The third kappa shape index (κ3) is 3.06. The molecule has 122 valence electrons. The molecule has 7 nitrogen and oxygen atoms in total. The minimum Gasteiger partial charge on any atom is -0.497 e. The van der Waals surface area contributed by atoms with E-state index in [0.29, 0.717) is 17.1 Å². The van der Waals surface area contributed by atoms with Gasteiger partial charge in [-0.3, -0.25) is 9.59 Å². The number of carbonyl (C=O) groups is 2. The van der Waals surface area contributed by atoms with Crippen LogP contribution in [0.4, 0.5) is 0 Å². The van der Waals surface area contributed by atoms with Crippen LogP contribution in [0.3, 0.4) is 0 Å². The fourth-order valence-electron chi connectivity index (χ4n) is 2.69. The molecule has 23 heavy (non-hydrogen) atoms. The largest absolute Gasteiger partial charge is 0.497 e. The minimum absolute atomic E-state index is 0.0341. The second-order valence-corrected chi connectivity index (χ2v) is 5.01. The van der Waals surface area contributed by atoms with Gasteiger partial charge in [-0.1, -0.05) is 0 Å². The summed E-state index contributed by atoms with van der Waals surface area (Å²) < 4.78 is 20.1. The lowest BCUT2D eigenvalue weighted by Crippen LogP contribution is -2.41. The monoisotopic (exact) mass is 319 g/mol. The lowest BCUT2D eigenvalue weighted by atomic mass is 9.77. The Morgan fingerprint density at radius 2 is 1.91 bits per heavy atom. The van der Waals surface area contributed by atoms with Crippen molar-refractivity contribution in [1.82, 2.24) is 0 Å². The molecule has 0 saturated heterocycles. The first kappa shape index (κ1) is 16.6. The van der Waals surface area contributed by atoms with Crippen molar-refractivity contribution < 1.29 is 28.5 Å². The molecule has 0 aliphatic carbocycles. The second-order valence-electron chi connectivity index (χ2n) is 5.01. The summed E-state index contributed by atoms with van der Waals surface area (Å²) in [6.45, 7) is 0.0341. The molecule has 0 amide bonds. The van der Waals surface area contributed by atoms with Crippen LogP contribution in [0, 0.1) is 23.2 Å². The average molecular weight is 319 g/mol. The van der Waals surface area contributed by atoms with Gasteiger partial charge in [0, 0.05) is 11.5 Å². The van der Waals surface area contributed by atoms with E-state index in [9.17, 15) is 14.9 Å². The van der Waals surface area contributed by atoms with Crippen LogP contribution in [0.2, 0.25) is 0 Å². The van der Waals surface area contributed by atoms with Gasteiger partial charge in [0.25, 0.3) is 0 Å². The maximum Gasteiger partial charge on any atom is 0.320 e. The zero-order chi connectivity index (χ0) is 17.0. The van der Waals surface area contributed by atoms with Crippen molar-refractivity contribution in [1.29, 1.82) is 5.26 Å².